The zero-order valence-electron chi connectivity index (χ0n) is 12.9. The summed E-state index contributed by atoms with van der Waals surface area (Å²) >= 11 is 0. The smallest absolute Gasteiger partial charge is 0.220 e. The average Bonchev–Trinajstić information content (AvgIpc) is 2.86. The lowest BCUT2D eigenvalue weighted by molar-refractivity contribution is -0.122. The largest absolute Gasteiger partial charge is 0.390 e. The van der Waals surface area contributed by atoms with Gasteiger partial charge >= 0.3 is 0 Å². The summed E-state index contributed by atoms with van der Waals surface area (Å²) in [4.78, 5) is 14.4. The third-order valence-electron chi connectivity index (χ3n) is 5.08. The van der Waals surface area contributed by atoms with Crippen LogP contribution in [0.1, 0.15) is 58.3 Å². The molecule has 0 spiro atoms. The van der Waals surface area contributed by atoms with Crippen LogP contribution in [0.25, 0.3) is 0 Å². The first-order valence-corrected chi connectivity index (χ1v) is 8.33. The normalized spacial score (nSPS) is 23.9. The number of likely N-dealkylation sites (tertiary alicyclic amines) is 1. The molecule has 0 unspecified atom stereocenters. The summed E-state index contributed by atoms with van der Waals surface area (Å²) in [7, 11) is 0. The first kappa shape index (κ1) is 15.8. The lowest BCUT2D eigenvalue weighted by atomic mass is 9.93. The molecule has 1 amide bonds. The third-order valence-corrected chi connectivity index (χ3v) is 5.08. The Bertz CT molecular complexity index is 306. The van der Waals surface area contributed by atoms with Crippen molar-refractivity contribution in [3.8, 4) is 0 Å². The van der Waals surface area contributed by atoms with Crippen LogP contribution in [0.5, 0.6) is 0 Å². The molecule has 116 valence electrons. The van der Waals surface area contributed by atoms with Crippen molar-refractivity contribution in [2.45, 2.75) is 63.9 Å². The van der Waals surface area contributed by atoms with E-state index < -0.39 is 5.60 Å². The van der Waals surface area contributed by atoms with E-state index in [4.69, 9.17) is 0 Å². The van der Waals surface area contributed by atoms with Crippen LogP contribution in [0.4, 0.5) is 0 Å². The summed E-state index contributed by atoms with van der Waals surface area (Å²) in [5.41, 5.74) is -0.500. The molecule has 2 rings (SSSR count). The van der Waals surface area contributed by atoms with Crippen molar-refractivity contribution < 1.29 is 9.90 Å². The number of amides is 1. The fraction of sp³-hybridized carbons (Fsp3) is 0.938. The minimum absolute atomic E-state index is 0.168. The van der Waals surface area contributed by atoms with Crippen LogP contribution in [-0.4, -0.2) is 47.7 Å². The number of hydrogen-bond donors (Lipinski definition) is 2. The maximum absolute atomic E-state index is 11.9. The fourth-order valence-corrected chi connectivity index (χ4v) is 3.56. The highest BCUT2D eigenvalue weighted by Gasteiger charge is 2.30. The molecule has 1 heterocycles. The number of carbonyl (C=O) groups excluding carboxylic acids is 1. The van der Waals surface area contributed by atoms with E-state index in [1.54, 1.807) is 0 Å². The highest BCUT2D eigenvalue weighted by Crippen LogP contribution is 2.31. The number of hydrogen-bond acceptors (Lipinski definition) is 3. The van der Waals surface area contributed by atoms with E-state index >= 15 is 0 Å². The zero-order valence-corrected chi connectivity index (χ0v) is 12.9. The van der Waals surface area contributed by atoms with Gasteiger partial charge in [0.05, 0.1) is 5.60 Å². The molecule has 1 aliphatic carbocycles. The van der Waals surface area contributed by atoms with Crippen LogP contribution < -0.4 is 5.32 Å². The maximum Gasteiger partial charge on any atom is 0.220 e. The lowest BCUT2D eigenvalue weighted by Crippen LogP contribution is -2.37. The minimum atomic E-state index is -0.500. The second kappa shape index (κ2) is 7.41. The molecular weight excluding hydrogens is 252 g/mol. The summed E-state index contributed by atoms with van der Waals surface area (Å²) in [6, 6.07) is 0. The van der Waals surface area contributed by atoms with Crippen molar-refractivity contribution in [2.24, 2.45) is 5.92 Å². The molecular formula is C16H30N2O2. The summed E-state index contributed by atoms with van der Waals surface area (Å²) < 4.78 is 0. The first-order valence-electron chi connectivity index (χ1n) is 8.33. The van der Waals surface area contributed by atoms with Gasteiger partial charge in [0.15, 0.2) is 0 Å². The molecule has 0 aromatic rings. The van der Waals surface area contributed by atoms with Gasteiger partial charge in [0.25, 0.3) is 0 Å². The standard InChI is InChI=1S/C16H30N2O2/c1-2-18-11-5-14(6-12-18)13-15(19)17-10-9-16(20)7-3-4-8-16/h14,20H,2-13H2,1H3,(H,17,19). The topological polar surface area (TPSA) is 52.6 Å². The van der Waals surface area contributed by atoms with Crippen LogP contribution in [-0.2, 0) is 4.79 Å². The maximum atomic E-state index is 11.9. The summed E-state index contributed by atoms with van der Waals surface area (Å²) in [5.74, 6) is 0.717. The number of rotatable bonds is 6. The van der Waals surface area contributed by atoms with Crippen LogP contribution in [0.3, 0.4) is 0 Å². The molecule has 0 aromatic carbocycles. The Morgan fingerprint density at radius 1 is 1.30 bits per heavy atom. The van der Waals surface area contributed by atoms with Gasteiger partial charge in [0.2, 0.25) is 5.91 Å². The number of nitrogens with zero attached hydrogens (tertiary/aromatic N) is 1. The summed E-state index contributed by atoms with van der Waals surface area (Å²) in [6.45, 7) is 6.21. The molecule has 2 fully saturated rings. The van der Waals surface area contributed by atoms with Gasteiger partial charge < -0.3 is 15.3 Å². The van der Waals surface area contributed by atoms with Crippen molar-refractivity contribution >= 4 is 5.91 Å². The Morgan fingerprint density at radius 3 is 2.55 bits per heavy atom. The predicted octanol–water partition coefficient (Wildman–Crippen LogP) is 1.92. The molecule has 20 heavy (non-hydrogen) atoms. The second-order valence-electron chi connectivity index (χ2n) is 6.61. The van der Waals surface area contributed by atoms with Crippen molar-refractivity contribution in [1.29, 1.82) is 0 Å². The van der Waals surface area contributed by atoms with E-state index in [2.05, 4.69) is 17.1 Å². The molecule has 0 aromatic heterocycles. The van der Waals surface area contributed by atoms with E-state index in [9.17, 15) is 9.90 Å². The van der Waals surface area contributed by atoms with E-state index in [1.165, 1.54) is 0 Å². The van der Waals surface area contributed by atoms with Gasteiger partial charge in [-0.25, -0.2) is 0 Å². The molecule has 0 radical (unpaired) electrons. The van der Waals surface area contributed by atoms with E-state index in [1.807, 2.05) is 0 Å². The van der Waals surface area contributed by atoms with Gasteiger partial charge in [-0.2, -0.15) is 0 Å². The summed E-state index contributed by atoms with van der Waals surface area (Å²) in [5, 5.41) is 13.2. The highest BCUT2D eigenvalue weighted by molar-refractivity contribution is 5.76. The Hall–Kier alpha value is -0.610. The van der Waals surface area contributed by atoms with E-state index in [0.29, 0.717) is 25.3 Å². The fourth-order valence-electron chi connectivity index (χ4n) is 3.56. The van der Waals surface area contributed by atoms with Crippen LogP contribution >= 0.6 is 0 Å². The SMILES string of the molecule is CCN1CCC(CC(=O)NCCC2(O)CCCC2)CC1. The predicted molar refractivity (Wildman–Crippen MR) is 80.5 cm³/mol. The number of carbonyl (C=O) groups is 1. The molecule has 4 heteroatoms. The molecule has 2 N–H and O–H groups in total. The number of aliphatic hydroxyl groups is 1. The minimum Gasteiger partial charge on any atom is -0.390 e. The first-order chi connectivity index (χ1) is 9.61. The van der Waals surface area contributed by atoms with Crippen molar-refractivity contribution in [3.63, 3.8) is 0 Å². The monoisotopic (exact) mass is 282 g/mol. The van der Waals surface area contributed by atoms with Gasteiger partial charge in [0.1, 0.15) is 0 Å². The van der Waals surface area contributed by atoms with Crippen molar-refractivity contribution in [3.05, 3.63) is 0 Å². The van der Waals surface area contributed by atoms with Crippen LogP contribution in [0, 0.1) is 5.92 Å². The zero-order chi connectivity index (χ0) is 14.4. The quantitative estimate of drug-likeness (QED) is 0.782. The lowest BCUT2D eigenvalue weighted by Gasteiger charge is -2.30. The Balaban J connectivity index is 1.58. The van der Waals surface area contributed by atoms with E-state index in [-0.39, 0.29) is 5.91 Å². The molecule has 0 atom stereocenters. The molecule has 4 nitrogen and oxygen atoms in total. The molecule has 0 bridgehead atoms. The van der Waals surface area contributed by atoms with Gasteiger partial charge in [-0.05, 0) is 57.7 Å². The Kier molecular flexibility index (Phi) is 5.85. The van der Waals surface area contributed by atoms with Crippen LogP contribution in [0.2, 0.25) is 0 Å². The van der Waals surface area contributed by atoms with Gasteiger partial charge in [-0.15, -0.1) is 0 Å². The second-order valence-corrected chi connectivity index (χ2v) is 6.61. The van der Waals surface area contributed by atoms with Crippen LogP contribution in [0.15, 0.2) is 0 Å². The molecule has 1 saturated carbocycles. The number of piperidine rings is 1. The molecule has 1 aliphatic heterocycles. The third kappa shape index (κ3) is 4.74. The van der Waals surface area contributed by atoms with E-state index in [0.717, 1.165) is 58.2 Å². The average molecular weight is 282 g/mol. The molecule has 1 saturated heterocycles. The molecule has 2 aliphatic rings. The highest BCUT2D eigenvalue weighted by atomic mass is 16.3. The van der Waals surface area contributed by atoms with Crippen molar-refractivity contribution in [1.82, 2.24) is 10.2 Å². The number of nitrogens with one attached hydrogen (secondary N) is 1. The van der Waals surface area contributed by atoms with Crippen molar-refractivity contribution in [2.75, 3.05) is 26.2 Å². The van der Waals surface area contributed by atoms with Gasteiger partial charge in [-0.1, -0.05) is 19.8 Å². The summed E-state index contributed by atoms with van der Waals surface area (Å²) in [6.07, 6.45) is 7.72. The Morgan fingerprint density at radius 2 is 1.95 bits per heavy atom. The van der Waals surface area contributed by atoms with Gasteiger partial charge in [0, 0.05) is 13.0 Å². The van der Waals surface area contributed by atoms with Gasteiger partial charge in [-0.3, -0.25) is 4.79 Å². The Labute approximate surface area is 122 Å².